The fraction of sp³-hybridized carbons (Fsp3) is 0.333. The molecule has 2 heterocycles. The summed E-state index contributed by atoms with van der Waals surface area (Å²) in [6.07, 6.45) is 0.831. The first-order chi connectivity index (χ1) is 12.7. The van der Waals surface area contributed by atoms with E-state index in [1.165, 1.54) is 5.56 Å². The second-order valence-corrected chi connectivity index (χ2v) is 6.84. The van der Waals surface area contributed by atoms with Gasteiger partial charge < -0.3 is 4.74 Å². The highest BCUT2D eigenvalue weighted by Gasteiger charge is 2.39. The number of ether oxygens (including phenoxy) is 1. The minimum Gasteiger partial charge on any atom is -0.496 e. The summed E-state index contributed by atoms with van der Waals surface area (Å²) < 4.78 is 5.45. The first-order valence-electron chi connectivity index (χ1n) is 9.01. The molecule has 26 heavy (non-hydrogen) atoms. The van der Waals surface area contributed by atoms with E-state index in [0.717, 1.165) is 43.1 Å². The number of piperidine rings is 1. The van der Waals surface area contributed by atoms with Crippen molar-refractivity contribution >= 4 is 11.6 Å². The normalized spacial score (nSPS) is 20.0. The number of carbonyl (C=O) groups excluding carboxylic acids is 1. The molecule has 0 saturated carbocycles. The van der Waals surface area contributed by atoms with Crippen LogP contribution in [-0.2, 0) is 17.9 Å². The zero-order valence-corrected chi connectivity index (χ0v) is 15.0. The summed E-state index contributed by atoms with van der Waals surface area (Å²) >= 11 is 0. The number of likely N-dealkylation sites (tertiary alicyclic amines) is 1. The lowest BCUT2D eigenvalue weighted by molar-refractivity contribution is -0.132. The fourth-order valence-corrected chi connectivity index (χ4v) is 3.73. The van der Waals surface area contributed by atoms with E-state index in [2.05, 4.69) is 16.1 Å². The molecule has 4 rings (SSSR count). The smallest absolute Gasteiger partial charge is 0.251 e. The number of carbonyl (C=O) groups is 1. The van der Waals surface area contributed by atoms with Crippen LogP contribution < -0.4 is 4.74 Å². The zero-order valence-electron chi connectivity index (χ0n) is 15.0. The number of hydrogen-bond donors (Lipinski definition) is 0. The predicted molar refractivity (Wildman–Crippen MR) is 101 cm³/mol. The maximum absolute atomic E-state index is 12.7. The van der Waals surface area contributed by atoms with E-state index in [1.54, 1.807) is 12.1 Å². The number of methoxy groups -OCH3 is 1. The van der Waals surface area contributed by atoms with Gasteiger partial charge in [0, 0.05) is 25.2 Å². The summed E-state index contributed by atoms with van der Waals surface area (Å²) in [5, 5.41) is 6.29. The number of rotatable bonds is 5. The third-order valence-electron chi connectivity index (χ3n) is 5.09. The minimum absolute atomic E-state index is 0.0485. The second-order valence-electron chi connectivity index (χ2n) is 6.84. The molecular formula is C21H23N3O2. The Labute approximate surface area is 153 Å². The van der Waals surface area contributed by atoms with E-state index in [-0.39, 0.29) is 11.8 Å². The van der Waals surface area contributed by atoms with Crippen molar-refractivity contribution in [2.75, 3.05) is 20.2 Å². The topological polar surface area (TPSA) is 45.1 Å². The molecule has 1 atom stereocenters. The van der Waals surface area contributed by atoms with Crippen molar-refractivity contribution in [3.63, 3.8) is 0 Å². The van der Waals surface area contributed by atoms with Gasteiger partial charge in [0.05, 0.1) is 25.3 Å². The van der Waals surface area contributed by atoms with Gasteiger partial charge in [0.15, 0.2) is 0 Å². The van der Waals surface area contributed by atoms with Crippen molar-refractivity contribution in [1.29, 1.82) is 0 Å². The van der Waals surface area contributed by atoms with Crippen LogP contribution in [-0.4, -0.2) is 41.7 Å². The molecule has 1 saturated heterocycles. The van der Waals surface area contributed by atoms with Gasteiger partial charge in [-0.1, -0.05) is 48.5 Å². The third-order valence-corrected chi connectivity index (χ3v) is 5.09. The summed E-state index contributed by atoms with van der Waals surface area (Å²) in [5.74, 6) is 0.998. The number of para-hydroxylation sites is 1. The molecule has 2 aliphatic heterocycles. The van der Waals surface area contributed by atoms with E-state index in [9.17, 15) is 4.79 Å². The molecule has 5 heteroatoms. The van der Waals surface area contributed by atoms with Crippen molar-refractivity contribution in [2.24, 2.45) is 11.0 Å². The standard InChI is InChI=1S/C21H23N3O2/c1-26-20-10-6-5-9-17(20)14-23-12-11-18-19(15-23)22-24(21(18)25)13-16-7-3-2-4-8-16/h2-10,18H,11-15H2,1H3. The molecule has 0 aromatic heterocycles. The van der Waals surface area contributed by atoms with Gasteiger partial charge in [-0.25, -0.2) is 5.01 Å². The van der Waals surface area contributed by atoms with Crippen LogP contribution in [0.25, 0.3) is 0 Å². The summed E-state index contributed by atoms with van der Waals surface area (Å²) in [6.45, 7) is 2.99. The van der Waals surface area contributed by atoms with Gasteiger partial charge in [-0.3, -0.25) is 9.69 Å². The molecule has 1 unspecified atom stereocenters. The maximum Gasteiger partial charge on any atom is 0.251 e. The highest BCUT2D eigenvalue weighted by atomic mass is 16.5. The Bertz CT molecular complexity index is 819. The number of nitrogens with zero attached hydrogens (tertiary/aromatic N) is 3. The fourth-order valence-electron chi connectivity index (χ4n) is 3.73. The molecular weight excluding hydrogens is 326 g/mol. The van der Waals surface area contributed by atoms with E-state index in [1.807, 2.05) is 48.5 Å². The number of benzene rings is 2. The lowest BCUT2D eigenvalue weighted by Gasteiger charge is -2.29. The van der Waals surface area contributed by atoms with Crippen LogP contribution in [0.4, 0.5) is 0 Å². The first-order valence-corrected chi connectivity index (χ1v) is 9.01. The van der Waals surface area contributed by atoms with Crippen LogP contribution in [0.5, 0.6) is 5.75 Å². The lowest BCUT2D eigenvalue weighted by atomic mass is 9.94. The van der Waals surface area contributed by atoms with Gasteiger partial charge in [0.25, 0.3) is 5.91 Å². The van der Waals surface area contributed by atoms with E-state index < -0.39 is 0 Å². The van der Waals surface area contributed by atoms with E-state index in [0.29, 0.717) is 6.54 Å². The van der Waals surface area contributed by atoms with Crippen LogP contribution in [0.15, 0.2) is 59.7 Å². The monoisotopic (exact) mass is 349 g/mol. The van der Waals surface area contributed by atoms with Gasteiger partial charge in [-0.2, -0.15) is 5.10 Å². The molecule has 2 aromatic carbocycles. The molecule has 0 bridgehead atoms. The summed E-state index contributed by atoms with van der Waals surface area (Å²) in [5.41, 5.74) is 3.27. The Balaban J connectivity index is 1.45. The highest BCUT2D eigenvalue weighted by Crippen LogP contribution is 2.27. The van der Waals surface area contributed by atoms with Crippen molar-refractivity contribution in [2.45, 2.75) is 19.5 Å². The Morgan fingerprint density at radius 3 is 2.65 bits per heavy atom. The van der Waals surface area contributed by atoms with Crippen LogP contribution in [0.1, 0.15) is 17.5 Å². The quantitative estimate of drug-likeness (QED) is 0.834. The van der Waals surface area contributed by atoms with Crippen LogP contribution in [0.2, 0.25) is 0 Å². The average molecular weight is 349 g/mol. The molecule has 2 aliphatic rings. The van der Waals surface area contributed by atoms with E-state index >= 15 is 0 Å². The number of fused-ring (bicyclic) bond motifs is 1. The van der Waals surface area contributed by atoms with Crippen molar-refractivity contribution in [1.82, 2.24) is 9.91 Å². The molecule has 2 aromatic rings. The number of amides is 1. The van der Waals surface area contributed by atoms with Crippen LogP contribution in [0.3, 0.4) is 0 Å². The van der Waals surface area contributed by atoms with E-state index in [4.69, 9.17) is 4.74 Å². The Hall–Kier alpha value is -2.66. The molecule has 5 nitrogen and oxygen atoms in total. The average Bonchev–Trinajstić information content (AvgIpc) is 2.98. The first kappa shape index (κ1) is 16.8. The van der Waals surface area contributed by atoms with Crippen molar-refractivity contribution < 1.29 is 9.53 Å². The molecule has 0 spiro atoms. The molecule has 0 aliphatic carbocycles. The van der Waals surface area contributed by atoms with Crippen molar-refractivity contribution in [3.05, 3.63) is 65.7 Å². The molecule has 0 N–H and O–H groups in total. The summed E-state index contributed by atoms with van der Waals surface area (Å²) in [7, 11) is 1.70. The van der Waals surface area contributed by atoms with Gasteiger partial charge in [-0.15, -0.1) is 0 Å². The van der Waals surface area contributed by atoms with Gasteiger partial charge >= 0.3 is 0 Å². The number of hydrogen-bond acceptors (Lipinski definition) is 4. The summed E-state index contributed by atoms with van der Waals surface area (Å²) in [4.78, 5) is 15.0. The van der Waals surface area contributed by atoms with Crippen LogP contribution >= 0.6 is 0 Å². The largest absolute Gasteiger partial charge is 0.496 e. The Morgan fingerprint density at radius 1 is 1.08 bits per heavy atom. The Morgan fingerprint density at radius 2 is 1.85 bits per heavy atom. The van der Waals surface area contributed by atoms with Crippen LogP contribution in [0, 0.1) is 5.92 Å². The predicted octanol–water partition coefficient (Wildman–Crippen LogP) is 2.92. The SMILES string of the molecule is COc1ccccc1CN1CCC2C(=O)N(Cc3ccccc3)N=C2C1. The van der Waals surface area contributed by atoms with Gasteiger partial charge in [0.2, 0.25) is 0 Å². The molecule has 0 radical (unpaired) electrons. The molecule has 134 valence electrons. The summed E-state index contributed by atoms with van der Waals surface area (Å²) in [6, 6.07) is 18.1. The number of hydrazone groups is 1. The molecule has 1 amide bonds. The zero-order chi connectivity index (χ0) is 17.9. The lowest BCUT2D eigenvalue weighted by Crippen LogP contribution is -2.41. The van der Waals surface area contributed by atoms with Gasteiger partial charge in [-0.05, 0) is 18.1 Å². The van der Waals surface area contributed by atoms with Crippen molar-refractivity contribution in [3.8, 4) is 5.75 Å². The third kappa shape index (κ3) is 3.35. The Kier molecular flexibility index (Phi) is 4.71. The second kappa shape index (κ2) is 7.30. The molecule has 1 fully saturated rings. The van der Waals surface area contributed by atoms with Gasteiger partial charge in [0.1, 0.15) is 5.75 Å². The highest BCUT2D eigenvalue weighted by molar-refractivity contribution is 6.09. The minimum atomic E-state index is -0.0485. The maximum atomic E-state index is 12.7.